The lowest BCUT2D eigenvalue weighted by atomic mass is 10.3. The van der Waals surface area contributed by atoms with Crippen LogP contribution in [-0.4, -0.2) is 25.5 Å². The Labute approximate surface area is 67.7 Å². The molecule has 0 aliphatic heterocycles. The van der Waals surface area contributed by atoms with Gasteiger partial charge in [-0.15, -0.1) is 0 Å². The molecule has 0 amide bonds. The summed E-state index contributed by atoms with van der Waals surface area (Å²) in [6, 6.07) is 0. The third kappa shape index (κ3) is 6.28. The molecule has 1 atom stereocenters. The molecule has 0 rings (SSSR count). The van der Waals surface area contributed by atoms with Crippen molar-refractivity contribution in [2.24, 2.45) is 5.92 Å². The van der Waals surface area contributed by atoms with Gasteiger partial charge in [0.2, 0.25) is 10.0 Å². The van der Waals surface area contributed by atoms with Gasteiger partial charge in [0.25, 0.3) is 0 Å². The van der Waals surface area contributed by atoms with Gasteiger partial charge in [-0.05, 0) is 12.8 Å². The molecule has 0 aromatic carbocycles. The first-order valence-corrected chi connectivity index (χ1v) is 5.17. The van der Waals surface area contributed by atoms with Crippen LogP contribution in [0.1, 0.15) is 20.8 Å². The lowest BCUT2D eigenvalue weighted by Gasteiger charge is -2.09. The van der Waals surface area contributed by atoms with Crippen molar-refractivity contribution < 1.29 is 13.5 Å². The van der Waals surface area contributed by atoms with Crippen LogP contribution in [0.3, 0.4) is 0 Å². The minimum Gasteiger partial charge on any atom is -0.378 e. The first kappa shape index (κ1) is 10.9. The molecule has 0 heterocycles. The molecular weight excluding hydrogens is 166 g/mol. The summed E-state index contributed by atoms with van der Waals surface area (Å²) in [5.74, 6) is 0.129. The second kappa shape index (κ2) is 4.04. The minimum atomic E-state index is -3.28. The first-order chi connectivity index (χ1) is 4.83. The number of hydrogen-bond donors (Lipinski definition) is 2. The average Bonchev–Trinajstić information content (AvgIpc) is 1.53. The van der Waals surface area contributed by atoms with E-state index in [0.717, 1.165) is 0 Å². The van der Waals surface area contributed by atoms with Crippen molar-refractivity contribution in [3.8, 4) is 0 Å². The third-order valence-electron chi connectivity index (χ3n) is 0.903. The van der Waals surface area contributed by atoms with E-state index in [9.17, 15) is 8.42 Å². The van der Waals surface area contributed by atoms with E-state index in [1.165, 1.54) is 6.92 Å². The molecule has 2 N–H and O–H groups in total. The predicted octanol–water partition coefficient (Wildman–Crippen LogP) is -0.0999. The quantitative estimate of drug-likeness (QED) is 0.595. The molecule has 4 nitrogen and oxygen atoms in total. The van der Waals surface area contributed by atoms with E-state index in [4.69, 9.17) is 5.11 Å². The van der Waals surface area contributed by atoms with Gasteiger partial charge < -0.3 is 5.11 Å². The van der Waals surface area contributed by atoms with Crippen molar-refractivity contribution in [3.63, 3.8) is 0 Å². The standard InChI is InChI=1S/C6H15NO3S/c1-5(2)4-11(9,10)7-6(3)8/h5-8H,4H2,1-3H3. The summed E-state index contributed by atoms with van der Waals surface area (Å²) in [6.07, 6.45) is -1.00. The van der Waals surface area contributed by atoms with Gasteiger partial charge in [-0.2, -0.15) is 4.72 Å². The molecule has 0 saturated carbocycles. The summed E-state index contributed by atoms with van der Waals surface area (Å²) < 4.78 is 24.0. The van der Waals surface area contributed by atoms with E-state index in [-0.39, 0.29) is 11.7 Å². The van der Waals surface area contributed by atoms with Crippen LogP contribution in [0, 0.1) is 5.92 Å². The van der Waals surface area contributed by atoms with Crippen molar-refractivity contribution in [2.45, 2.75) is 27.0 Å². The van der Waals surface area contributed by atoms with Gasteiger partial charge >= 0.3 is 0 Å². The van der Waals surface area contributed by atoms with E-state index in [2.05, 4.69) is 4.72 Å². The SMILES string of the molecule is CC(C)CS(=O)(=O)NC(C)O. The Kier molecular flexibility index (Phi) is 3.99. The third-order valence-corrected chi connectivity index (χ3v) is 2.71. The molecule has 0 radical (unpaired) electrons. The number of hydrogen-bond acceptors (Lipinski definition) is 3. The summed E-state index contributed by atoms with van der Waals surface area (Å²) in [4.78, 5) is 0. The number of aliphatic hydroxyl groups excluding tert-OH is 1. The van der Waals surface area contributed by atoms with Gasteiger partial charge in [0, 0.05) is 0 Å². The second-order valence-corrected chi connectivity index (χ2v) is 4.77. The maximum absolute atomic E-state index is 11.0. The van der Waals surface area contributed by atoms with E-state index < -0.39 is 16.3 Å². The van der Waals surface area contributed by atoms with Gasteiger partial charge in [0.05, 0.1) is 5.75 Å². The van der Waals surface area contributed by atoms with E-state index in [1.807, 2.05) is 0 Å². The highest BCUT2D eigenvalue weighted by atomic mass is 32.2. The van der Waals surface area contributed by atoms with Crippen molar-refractivity contribution >= 4 is 10.0 Å². The minimum absolute atomic E-state index is 0.0535. The maximum atomic E-state index is 11.0. The fourth-order valence-electron chi connectivity index (χ4n) is 0.747. The largest absolute Gasteiger partial charge is 0.378 e. The fraction of sp³-hybridized carbons (Fsp3) is 1.00. The Hall–Kier alpha value is -0.130. The van der Waals surface area contributed by atoms with E-state index in [1.54, 1.807) is 13.8 Å². The van der Waals surface area contributed by atoms with Crippen LogP contribution in [0.15, 0.2) is 0 Å². The van der Waals surface area contributed by atoms with Gasteiger partial charge in [0.15, 0.2) is 0 Å². The molecule has 0 bridgehead atoms. The molecule has 11 heavy (non-hydrogen) atoms. The van der Waals surface area contributed by atoms with Crippen LogP contribution in [0.2, 0.25) is 0 Å². The van der Waals surface area contributed by atoms with Gasteiger partial charge in [-0.1, -0.05) is 13.8 Å². The molecule has 0 aliphatic carbocycles. The molecule has 0 spiro atoms. The van der Waals surface area contributed by atoms with Crippen LogP contribution in [0.5, 0.6) is 0 Å². The van der Waals surface area contributed by atoms with Crippen molar-refractivity contribution in [2.75, 3.05) is 5.75 Å². The zero-order valence-corrected chi connectivity index (χ0v) is 7.85. The molecular formula is C6H15NO3S. The van der Waals surface area contributed by atoms with Crippen LogP contribution < -0.4 is 4.72 Å². The molecule has 0 aromatic rings. The van der Waals surface area contributed by atoms with Crippen molar-refractivity contribution in [3.05, 3.63) is 0 Å². The zero-order valence-electron chi connectivity index (χ0n) is 7.03. The Morgan fingerprint density at radius 3 is 2.09 bits per heavy atom. The molecule has 0 saturated heterocycles. The van der Waals surface area contributed by atoms with Gasteiger partial charge in [0.1, 0.15) is 6.23 Å². The van der Waals surface area contributed by atoms with Gasteiger partial charge in [-0.3, -0.25) is 0 Å². The highest BCUT2D eigenvalue weighted by Gasteiger charge is 2.13. The molecule has 0 aliphatic rings. The summed E-state index contributed by atoms with van der Waals surface area (Å²) >= 11 is 0. The first-order valence-electron chi connectivity index (χ1n) is 3.51. The van der Waals surface area contributed by atoms with Crippen LogP contribution in [0.4, 0.5) is 0 Å². The zero-order chi connectivity index (χ0) is 9.07. The molecule has 5 heteroatoms. The van der Waals surface area contributed by atoms with Crippen LogP contribution >= 0.6 is 0 Å². The van der Waals surface area contributed by atoms with Crippen LogP contribution in [0.25, 0.3) is 0 Å². The fourth-order valence-corrected chi connectivity index (χ4v) is 2.24. The number of aliphatic hydroxyl groups is 1. The summed E-state index contributed by atoms with van der Waals surface area (Å²) in [6.45, 7) is 4.99. The number of sulfonamides is 1. The van der Waals surface area contributed by atoms with E-state index in [0.29, 0.717) is 0 Å². The molecule has 1 unspecified atom stereocenters. The second-order valence-electron chi connectivity index (χ2n) is 2.97. The Morgan fingerprint density at radius 1 is 1.36 bits per heavy atom. The highest BCUT2D eigenvalue weighted by Crippen LogP contribution is 1.97. The van der Waals surface area contributed by atoms with Crippen molar-refractivity contribution in [1.29, 1.82) is 0 Å². The van der Waals surface area contributed by atoms with Gasteiger partial charge in [-0.25, -0.2) is 8.42 Å². The summed E-state index contributed by atoms with van der Waals surface area (Å²) in [5.41, 5.74) is 0. The summed E-state index contributed by atoms with van der Waals surface area (Å²) in [7, 11) is -3.28. The Morgan fingerprint density at radius 2 is 1.82 bits per heavy atom. The maximum Gasteiger partial charge on any atom is 0.213 e. The number of nitrogens with one attached hydrogen (secondary N) is 1. The lowest BCUT2D eigenvalue weighted by Crippen LogP contribution is -2.35. The van der Waals surface area contributed by atoms with E-state index >= 15 is 0 Å². The highest BCUT2D eigenvalue weighted by molar-refractivity contribution is 7.89. The predicted molar refractivity (Wildman–Crippen MR) is 43.4 cm³/mol. The molecule has 68 valence electrons. The Bertz CT molecular complexity index is 180. The monoisotopic (exact) mass is 181 g/mol. The number of rotatable bonds is 4. The average molecular weight is 181 g/mol. The normalized spacial score (nSPS) is 15.4. The summed E-state index contributed by atoms with van der Waals surface area (Å²) in [5, 5.41) is 8.71. The molecule has 0 aromatic heterocycles. The Balaban J connectivity index is 4.03. The molecule has 0 fully saturated rings. The topological polar surface area (TPSA) is 66.4 Å². The van der Waals surface area contributed by atoms with Crippen molar-refractivity contribution in [1.82, 2.24) is 4.72 Å². The smallest absolute Gasteiger partial charge is 0.213 e. The van der Waals surface area contributed by atoms with Crippen LogP contribution in [-0.2, 0) is 10.0 Å². The lowest BCUT2D eigenvalue weighted by molar-refractivity contribution is 0.183.